The highest BCUT2D eigenvalue weighted by molar-refractivity contribution is 5.32. The highest BCUT2D eigenvalue weighted by Crippen LogP contribution is 2.41. The van der Waals surface area contributed by atoms with E-state index in [2.05, 4.69) is 10.8 Å². The van der Waals surface area contributed by atoms with Gasteiger partial charge in [-0.15, -0.1) is 13.2 Å². The normalized spacial score (nSPS) is 16.8. The molecule has 1 radical (unpaired) electrons. The van der Waals surface area contributed by atoms with Crippen molar-refractivity contribution in [3.05, 3.63) is 29.8 Å². The fourth-order valence-electron chi connectivity index (χ4n) is 1.31. The number of ether oxygens (including phenoxy) is 1. The zero-order chi connectivity index (χ0) is 10.2. The molecule has 0 spiro atoms. The standard InChI is InChI=1S/C10H8F3O/c11-10(12,13)14-9-3-1-2-8(6-9)7-4-5-7/h2-3,6-7H,4-5H2. The molecule has 2 rings (SSSR count). The second-order valence-corrected chi connectivity index (χ2v) is 3.32. The van der Waals surface area contributed by atoms with E-state index in [9.17, 15) is 13.2 Å². The van der Waals surface area contributed by atoms with Crippen molar-refractivity contribution in [1.29, 1.82) is 0 Å². The second-order valence-electron chi connectivity index (χ2n) is 3.32. The first-order valence-corrected chi connectivity index (χ1v) is 4.31. The average Bonchev–Trinajstić information content (AvgIpc) is 2.83. The molecule has 0 aromatic heterocycles. The summed E-state index contributed by atoms with van der Waals surface area (Å²) in [6.07, 6.45) is -2.53. The van der Waals surface area contributed by atoms with Gasteiger partial charge in [-0.25, -0.2) is 0 Å². The van der Waals surface area contributed by atoms with Crippen molar-refractivity contribution in [2.45, 2.75) is 25.1 Å². The van der Waals surface area contributed by atoms with E-state index < -0.39 is 6.36 Å². The van der Waals surface area contributed by atoms with E-state index in [1.54, 1.807) is 6.07 Å². The summed E-state index contributed by atoms with van der Waals surface area (Å²) in [5.74, 6) is 0.227. The number of hydrogen-bond acceptors (Lipinski definition) is 1. The maximum Gasteiger partial charge on any atom is 0.573 e. The maximum atomic E-state index is 11.9. The number of alkyl halides is 3. The monoisotopic (exact) mass is 201 g/mol. The Morgan fingerprint density at radius 2 is 2.00 bits per heavy atom. The Morgan fingerprint density at radius 1 is 1.29 bits per heavy atom. The molecule has 1 nitrogen and oxygen atoms in total. The van der Waals surface area contributed by atoms with Crippen LogP contribution in [0.3, 0.4) is 0 Å². The summed E-state index contributed by atoms with van der Waals surface area (Å²) in [4.78, 5) is 0. The van der Waals surface area contributed by atoms with Gasteiger partial charge in [0.25, 0.3) is 0 Å². The minimum absolute atomic E-state index is 0.179. The lowest BCUT2D eigenvalue weighted by molar-refractivity contribution is -0.274. The zero-order valence-electron chi connectivity index (χ0n) is 7.27. The minimum Gasteiger partial charge on any atom is -0.406 e. The molecule has 1 aliphatic carbocycles. The molecule has 0 heterocycles. The van der Waals surface area contributed by atoms with Crippen LogP contribution in [0.15, 0.2) is 18.2 Å². The maximum absolute atomic E-state index is 11.9. The molecule has 14 heavy (non-hydrogen) atoms. The average molecular weight is 201 g/mol. The fraction of sp³-hybridized carbons (Fsp3) is 0.400. The SMILES string of the molecule is FC(F)(F)Oc1c[c]cc(C2CC2)c1. The Bertz CT molecular complexity index is 328. The molecule has 4 heteroatoms. The predicted octanol–water partition coefficient (Wildman–Crippen LogP) is 3.26. The van der Waals surface area contributed by atoms with Crippen LogP contribution in [0.25, 0.3) is 0 Å². The van der Waals surface area contributed by atoms with Gasteiger partial charge in [0.1, 0.15) is 5.75 Å². The molecule has 0 atom stereocenters. The van der Waals surface area contributed by atoms with Gasteiger partial charge in [-0.1, -0.05) is 6.07 Å². The summed E-state index contributed by atoms with van der Waals surface area (Å²) in [5.41, 5.74) is 0.881. The largest absolute Gasteiger partial charge is 0.573 e. The Hall–Kier alpha value is -1.19. The van der Waals surface area contributed by atoms with Crippen LogP contribution in [0.5, 0.6) is 5.75 Å². The van der Waals surface area contributed by atoms with Gasteiger partial charge in [-0.2, -0.15) is 0 Å². The predicted molar refractivity (Wildman–Crippen MR) is 43.9 cm³/mol. The number of benzene rings is 1. The van der Waals surface area contributed by atoms with E-state index in [0.717, 1.165) is 18.4 Å². The van der Waals surface area contributed by atoms with Crippen molar-refractivity contribution in [2.24, 2.45) is 0 Å². The fourth-order valence-corrected chi connectivity index (χ4v) is 1.31. The first kappa shape index (κ1) is 9.37. The van der Waals surface area contributed by atoms with E-state index in [1.807, 2.05) is 0 Å². The van der Waals surface area contributed by atoms with Crippen molar-refractivity contribution < 1.29 is 17.9 Å². The van der Waals surface area contributed by atoms with Crippen molar-refractivity contribution in [2.75, 3.05) is 0 Å². The lowest BCUT2D eigenvalue weighted by Crippen LogP contribution is -2.17. The van der Waals surface area contributed by atoms with Gasteiger partial charge in [0, 0.05) is 0 Å². The summed E-state index contributed by atoms with van der Waals surface area (Å²) >= 11 is 0. The Morgan fingerprint density at radius 3 is 2.57 bits per heavy atom. The molecule has 75 valence electrons. The van der Waals surface area contributed by atoms with Gasteiger partial charge in [0.2, 0.25) is 0 Å². The van der Waals surface area contributed by atoms with Crippen molar-refractivity contribution >= 4 is 0 Å². The Balaban J connectivity index is 2.13. The van der Waals surface area contributed by atoms with E-state index >= 15 is 0 Å². The van der Waals surface area contributed by atoms with Crippen LogP contribution in [0.4, 0.5) is 13.2 Å². The van der Waals surface area contributed by atoms with Crippen LogP contribution in [0, 0.1) is 6.07 Å². The summed E-state index contributed by atoms with van der Waals surface area (Å²) in [6.45, 7) is 0. The van der Waals surface area contributed by atoms with Crippen LogP contribution in [-0.4, -0.2) is 6.36 Å². The molecule has 1 aromatic rings. The van der Waals surface area contributed by atoms with Gasteiger partial charge in [0.15, 0.2) is 0 Å². The van der Waals surface area contributed by atoms with Crippen LogP contribution < -0.4 is 4.74 Å². The Labute approximate surface area is 79.5 Å². The number of rotatable bonds is 2. The molecule has 0 amide bonds. The summed E-state index contributed by atoms with van der Waals surface area (Å²) < 4.78 is 39.4. The van der Waals surface area contributed by atoms with Crippen LogP contribution in [0.1, 0.15) is 24.3 Å². The van der Waals surface area contributed by atoms with Crippen molar-refractivity contribution in [3.8, 4) is 5.75 Å². The van der Waals surface area contributed by atoms with Gasteiger partial charge in [-0.3, -0.25) is 0 Å². The van der Waals surface area contributed by atoms with Crippen LogP contribution in [0.2, 0.25) is 0 Å². The lowest BCUT2D eigenvalue weighted by atomic mass is 10.1. The third kappa shape index (κ3) is 2.40. The molecule has 0 saturated heterocycles. The van der Waals surface area contributed by atoms with Crippen LogP contribution in [-0.2, 0) is 0 Å². The van der Waals surface area contributed by atoms with Crippen LogP contribution >= 0.6 is 0 Å². The highest BCUT2D eigenvalue weighted by Gasteiger charge is 2.31. The molecular formula is C10H8F3O. The first-order valence-electron chi connectivity index (χ1n) is 4.31. The van der Waals surface area contributed by atoms with E-state index in [0.29, 0.717) is 5.92 Å². The molecular weight excluding hydrogens is 193 g/mol. The molecule has 1 saturated carbocycles. The molecule has 0 N–H and O–H groups in total. The van der Waals surface area contributed by atoms with E-state index in [1.165, 1.54) is 12.1 Å². The summed E-state index contributed by atoms with van der Waals surface area (Å²) in [6, 6.07) is 6.98. The molecule has 0 bridgehead atoms. The van der Waals surface area contributed by atoms with Crippen molar-refractivity contribution in [3.63, 3.8) is 0 Å². The van der Waals surface area contributed by atoms with Gasteiger partial charge < -0.3 is 4.74 Å². The van der Waals surface area contributed by atoms with E-state index in [4.69, 9.17) is 0 Å². The number of hydrogen-bond donors (Lipinski definition) is 0. The first-order chi connectivity index (χ1) is 6.54. The van der Waals surface area contributed by atoms with Gasteiger partial charge in [0.05, 0.1) is 0 Å². The smallest absolute Gasteiger partial charge is 0.406 e. The molecule has 1 fully saturated rings. The summed E-state index contributed by atoms with van der Waals surface area (Å²) in [5, 5.41) is 0. The topological polar surface area (TPSA) is 9.23 Å². The van der Waals surface area contributed by atoms with Gasteiger partial charge in [-0.05, 0) is 42.5 Å². The van der Waals surface area contributed by atoms with E-state index in [-0.39, 0.29) is 5.75 Å². The minimum atomic E-state index is -4.62. The highest BCUT2D eigenvalue weighted by atomic mass is 19.4. The third-order valence-electron chi connectivity index (χ3n) is 2.07. The molecule has 0 aliphatic heterocycles. The Kier molecular flexibility index (Phi) is 2.13. The molecule has 1 aromatic carbocycles. The second kappa shape index (κ2) is 3.19. The van der Waals surface area contributed by atoms with Crippen molar-refractivity contribution in [1.82, 2.24) is 0 Å². The number of halogens is 3. The third-order valence-corrected chi connectivity index (χ3v) is 2.07. The van der Waals surface area contributed by atoms with Gasteiger partial charge >= 0.3 is 6.36 Å². The molecule has 1 aliphatic rings. The molecule has 0 unspecified atom stereocenters. The lowest BCUT2D eigenvalue weighted by Gasteiger charge is -2.09. The zero-order valence-corrected chi connectivity index (χ0v) is 7.27. The quantitative estimate of drug-likeness (QED) is 0.713. The summed E-state index contributed by atoms with van der Waals surface area (Å²) in [7, 11) is 0.